The van der Waals surface area contributed by atoms with E-state index in [1.165, 1.54) is 0 Å². The Hall–Kier alpha value is -1.62. The highest BCUT2D eigenvalue weighted by Crippen LogP contribution is 2.36. The van der Waals surface area contributed by atoms with Crippen molar-refractivity contribution in [2.24, 2.45) is 0 Å². The van der Waals surface area contributed by atoms with E-state index in [4.69, 9.17) is 9.47 Å². The zero-order valence-electron chi connectivity index (χ0n) is 12.7. The predicted molar refractivity (Wildman–Crippen MR) is 79.1 cm³/mol. The van der Waals surface area contributed by atoms with Gasteiger partial charge in [0.05, 0.1) is 0 Å². The summed E-state index contributed by atoms with van der Waals surface area (Å²) in [6.07, 6.45) is 0.216. The first kappa shape index (κ1) is 15.8. The molecule has 0 atom stereocenters. The van der Waals surface area contributed by atoms with E-state index >= 15 is 0 Å². The van der Waals surface area contributed by atoms with E-state index in [0.29, 0.717) is 37.3 Å². The van der Waals surface area contributed by atoms with Gasteiger partial charge in [0.25, 0.3) is 0 Å². The monoisotopic (exact) mass is 295 g/mol. The molecule has 1 aliphatic heterocycles. The van der Waals surface area contributed by atoms with E-state index in [-0.39, 0.29) is 0 Å². The van der Waals surface area contributed by atoms with Crippen LogP contribution in [-0.4, -0.2) is 24.9 Å². The Bertz CT molecular complexity index is 487. The molecule has 116 valence electrons. The van der Waals surface area contributed by atoms with E-state index in [2.05, 4.69) is 5.32 Å². The smallest absolute Gasteiger partial charge is 0.412 e. The first-order valence-electron chi connectivity index (χ1n) is 7.16. The maximum absolute atomic E-state index is 14.7. The normalized spacial score (nSPS) is 18.1. The number of anilines is 1. The van der Waals surface area contributed by atoms with Crippen LogP contribution in [-0.2, 0) is 15.1 Å². The molecule has 1 aromatic carbocycles. The van der Waals surface area contributed by atoms with Gasteiger partial charge in [-0.2, -0.15) is 0 Å². The van der Waals surface area contributed by atoms with Crippen molar-refractivity contribution in [3.8, 4) is 0 Å². The Labute approximate surface area is 124 Å². The van der Waals surface area contributed by atoms with Crippen molar-refractivity contribution in [3.05, 3.63) is 29.8 Å². The maximum atomic E-state index is 14.7. The molecule has 1 aromatic rings. The van der Waals surface area contributed by atoms with Crippen molar-refractivity contribution in [3.63, 3.8) is 0 Å². The van der Waals surface area contributed by atoms with Crippen LogP contribution in [0.5, 0.6) is 0 Å². The summed E-state index contributed by atoms with van der Waals surface area (Å²) in [5.74, 6) is 0. The Morgan fingerprint density at radius 1 is 1.24 bits per heavy atom. The molecule has 4 nitrogen and oxygen atoms in total. The minimum absolute atomic E-state index is 0.367. The molecular formula is C16H22FNO3. The molecule has 0 bridgehead atoms. The van der Waals surface area contributed by atoms with Gasteiger partial charge in [0, 0.05) is 31.7 Å². The lowest BCUT2D eigenvalue weighted by Gasteiger charge is -2.30. The van der Waals surface area contributed by atoms with Crippen LogP contribution in [0.25, 0.3) is 0 Å². The SMILES string of the molecule is CC(C)(C)OC(=O)Nc1ccc(C2(F)CCOCC2)cc1. The van der Waals surface area contributed by atoms with Crippen LogP contribution in [0.3, 0.4) is 0 Å². The van der Waals surface area contributed by atoms with Gasteiger partial charge in [-0.15, -0.1) is 0 Å². The molecule has 5 heteroatoms. The molecule has 1 N–H and O–H groups in total. The number of hydrogen-bond acceptors (Lipinski definition) is 3. The van der Waals surface area contributed by atoms with E-state index in [1.807, 2.05) is 0 Å². The Balaban J connectivity index is 2.00. The molecule has 1 heterocycles. The standard InChI is InChI=1S/C16H22FNO3/c1-15(2,3)21-14(19)18-13-6-4-12(5-7-13)16(17)8-10-20-11-9-16/h4-7H,8-11H2,1-3H3,(H,18,19). The molecule has 0 radical (unpaired) electrons. The molecule has 0 aromatic heterocycles. The van der Waals surface area contributed by atoms with Crippen LogP contribution < -0.4 is 5.32 Å². The highest BCUT2D eigenvalue weighted by molar-refractivity contribution is 5.84. The number of hydrogen-bond donors (Lipinski definition) is 1. The third-order valence-electron chi connectivity index (χ3n) is 3.33. The molecule has 1 saturated heterocycles. The lowest BCUT2D eigenvalue weighted by molar-refractivity contribution is -0.0114. The second-order valence-corrected chi connectivity index (χ2v) is 6.28. The molecule has 0 unspecified atom stereocenters. The van der Waals surface area contributed by atoms with Gasteiger partial charge in [-0.25, -0.2) is 9.18 Å². The Morgan fingerprint density at radius 2 is 1.81 bits per heavy atom. The first-order valence-corrected chi connectivity index (χ1v) is 7.16. The average Bonchev–Trinajstić information content (AvgIpc) is 2.38. The molecule has 0 spiro atoms. The predicted octanol–water partition coefficient (Wildman–Crippen LogP) is 4.01. The molecule has 2 rings (SSSR count). The third-order valence-corrected chi connectivity index (χ3v) is 3.33. The fraction of sp³-hybridized carbons (Fsp3) is 0.562. The average molecular weight is 295 g/mol. The number of rotatable bonds is 2. The summed E-state index contributed by atoms with van der Waals surface area (Å²) in [5, 5.41) is 2.63. The summed E-state index contributed by atoms with van der Waals surface area (Å²) >= 11 is 0. The summed E-state index contributed by atoms with van der Waals surface area (Å²) < 4.78 is 25.1. The minimum atomic E-state index is -1.33. The van der Waals surface area contributed by atoms with Crippen LogP contribution in [0.4, 0.5) is 14.9 Å². The Morgan fingerprint density at radius 3 is 2.33 bits per heavy atom. The number of carbonyl (C=O) groups excluding carboxylic acids is 1. The quantitative estimate of drug-likeness (QED) is 0.896. The van der Waals surface area contributed by atoms with Crippen molar-refractivity contribution >= 4 is 11.8 Å². The number of alkyl halides is 1. The molecule has 1 amide bonds. The highest BCUT2D eigenvalue weighted by atomic mass is 19.1. The van der Waals surface area contributed by atoms with Crippen LogP contribution in [0, 0.1) is 0 Å². The van der Waals surface area contributed by atoms with Crippen LogP contribution in [0.15, 0.2) is 24.3 Å². The van der Waals surface area contributed by atoms with E-state index < -0.39 is 17.4 Å². The zero-order valence-corrected chi connectivity index (χ0v) is 12.7. The van der Waals surface area contributed by atoms with Crippen molar-refractivity contribution in [2.45, 2.75) is 44.9 Å². The van der Waals surface area contributed by atoms with E-state index in [1.54, 1.807) is 45.0 Å². The number of carbonyl (C=O) groups is 1. The summed E-state index contributed by atoms with van der Waals surface area (Å²) in [7, 11) is 0. The lowest BCUT2D eigenvalue weighted by Crippen LogP contribution is -2.29. The summed E-state index contributed by atoms with van der Waals surface area (Å²) in [6, 6.07) is 6.79. The van der Waals surface area contributed by atoms with Gasteiger partial charge in [0.2, 0.25) is 0 Å². The van der Waals surface area contributed by atoms with Gasteiger partial charge >= 0.3 is 6.09 Å². The van der Waals surface area contributed by atoms with Crippen molar-refractivity contribution in [2.75, 3.05) is 18.5 Å². The van der Waals surface area contributed by atoms with E-state index in [9.17, 15) is 9.18 Å². The lowest BCUT2D eigenvalue weighted by atomic mass is 9.88. The van der Waals surface area contributed by atoms with Gasteiger partial charge in [0.15, 0.2) is 0 Å². The maximum Gasteiger partial charge on any atom is 0.412 e. The van der Waals surface area contributed by atoms with Crippen LogP contribution >= 0.6 is 0 Å². The summed E-state index contributed by atoms with van der Waals surface area (Å²) in [4.78, 5) is 11.7. The number of nitrogens with one attached hydrogen (secondary N) is 1. The van der Waals surface area contributed by atoms with Gasteiger partial charge in [0.1, 0.15) is 11.3 Å². The highest BCUT2D eigenvalue weighted by Gasteiger charge is 2.34. The number of amides is 1. The van der Waals surface area contributed by atoms with Crippen LogP contribution in [0.2, 0.25) is 0 Å². The fourth-order valence-corrected chi connectivity index (χ4v) is 2.26. The molecule has 0 aliphatic carbocycles. The van der Waals surface area contributed by atoms with Crippen molar-refractivity contribution in [1.29, 1.82) is 0 Å². The van der Waals surface area contributed by atoms with Crippen LogP contribution in [0.1, 0.15) is 39.2 Å². The number of benzene rings is 1. The molecule has 1 aliphatic rings. The van der Waals surface area contributed by atoms with E-state index in [0.717, 1.165) is 0 Å². The molecule has 1 fully saturated rings. The largest absolute Gasteiger partial charge is 0.444 e. The summed E-state index contributed by atoms with van der Waals surface area (Å²) in [5.41, 5.74) is -0.665. The van der Waals surface area contributed by atoms with Gasteiger partial charge in [-0.1, -0.05) is 12.1 Å². The topological polar surface area (TPSA) is 47.6 Å². The van der Waals surface area contributed by atoms with Crippen molar-refractivity contribution < 1.29 is 18.7 Å². The second-order valence-electron chi connectivity index (χ2n) is 6.28. The molecular weight excluding hydrogens is 273 g/mol. The molecule has 21 heavy (non-hydrogen) atoms. The summed E-state index contributed by atoms with van der Waals surface area (Å²) in [6.45, 7) is 6.28. The molecule has 0 saturated carbocycles. The fourth-order valence-electron chi connectivity index (χ4n) is 2.26. The first-order chi connectivity index (χ1) is 9.78. The van der Waals surface area contributed by atoms with Gasteiger partial charge in [-0.05, 0) is 38.5 Å². The zero-order chi connectivity index (χ0) is 15.5. The minimum Gasteiger partial charge on any atom is -0.444 e. The number of halogens is 1. The van der Waals surface area contributed by atoms with Crippen molar-refractivity contribution in [1.82, 2.24) is 0 Å². The number of ether oxygens (including phenoxy) is 2. The third kappa shape index (κ3) is 4.43. The Kier molecular flexibility index (Phi) is 4.52. The second kappa shape index (κ2) is 6.02. The van der Waals surface area contributed by atoms with Gasteiger partial charge in [-0.3, -0.25) is 5.32 Å². The van der Waals surface area contributed by atoms with Gasteiger partial charge < -0.3 is 9.47 Å².